The van der Waals surface area contributed by atoms with Crippen LogP contribution in [-0.4, -0.2) is 36.9 Å². The summed E-state index contributed by atoms with van der Waals surface area (Å²) in [6.45, 7) is 6.38. The van der Waals surface area contributed by atoms with Crippen LogP contribution in [0, 0.1) is 6.92 Å². The maximum absolute atomic E-state index is 5.70. The van der Waals surface area contributed by atoms with E-state index in [9.17, 15) is 0 Å². The average molecular weight is 228 g/mol. The Bertz CT molecular complexity index is 316. The first-order valence-electron chi connectivity index (χ1n) is 5.15. The first-order chi connectivity index (χ1) is 7.24. The smallest absolute Gasteiger partial charge is 0.273 e. The van der Waals surface area contributed by atoms with Gasteiger partial charge in [-0.05, 0) is 13.8 Å². The summed E-state index contributed by atoms with van der Waals surface area (Å²) in [6, 6.07) is 0. The molecule has 0 aromatic carbocycles. The zero-order valence-electron chi connectivity index (χ0n) is 9.03. The van der Waals surface area contributed by atoms with Gasteiger partial charge in [-0.15, -0.1) is 0 Å². The minimum Gasteiger partial charge on any atom is -0.467 e. The Balaban J connectivity index is 1.77. The first-order valence-corrected chi connectivity index (χ1v) is 6.03. The zero-order chi connectivity index (χ0) is 10.7. The molecule has 1 saturated heterocycles. The molecule has 0 spiro atoms. The highest BCUT2D eigenvalue weighted by Crippen LogP contribution is 2.17. The molecule has 0 radical (unpaired) electrons. The second kappa shape index (κ2) is 4.92. The van der Waals surface area contributed by atoms with Gasteiger partial charge in [0.25, 0.3) is 5.19 Å². The van der Waals surface area contributed by atoms with Crippen molar-refractivity contribution in [3.8, 4) is 5.19 Å². The number of aromatic nitrogens is 1. The molecule has 84 valence electrons. The maximum Gasteiger partial charge on any atom is 0.273 e. The van der Waals surface area contributed by atoms with Crippen LogP contribution in [0.2, 0.25) is 0 Å². The number of thiazole rings is 1. The Hall–Kier alpha value is -0.650. The number of ether oxygens (including phenoxy) is 2. The second-order valence-electron chi connectivity index (χ2n) is 3.79. The second-order valence-corrected chi connectivity index (χ2v) is 4.61. The number of hydrogen-bond donors (Lipinski definition) is 1. The number of morpholine rings is 1. The van der Waals surface area contributed by atoms with Gasteiger partial charge in [0.05, 0.1) is 11.8 Å². The number of hydrogen-bond acceptors (Lipinski definition) is 5. The highest BCUT2D eigenvalue weighted by atomic mass is 32.1. The molecule has 2 unspecified atom stereocenters. The van der Waals surface area contributed by atoms with E-state index in [1.165, 1.54) is 11.3 Å². The summed E-state index contributed by atoms with van der Waals surface area (Å²) in [4.78, 5) is 4.23. The van der Waals surface area contributed by atoms with Crippen molar-refractivity contribution in [2.45, 2.75) is 26.1 Å². The van der Waals surface area contributed by atoms with Crippen molar-refractivity contribution in [3.05, 3.63) is 11.1 Å². The molecule has 0 saturated carbocycles. The van der Waals surface area contributed by atoms with Crippen LogP contribution in [0.5, 0.6) is 5.19 Å². The highest BCUT2D eigenvalue weighted by Gasteiger charge is 2.19. The summed E-state index contributed by atoms with van der Waals surface area (Å²) in [7, 11) is 0. The van der Waals surface area contributed by atoms with Crippen molar-refractivity contribution in [1.82, 2.24) is 10.3 Å². The van der Waals surface area contributed by atoms with Crippen LogP contribution in [0.1, 0.15) is 12.6 Å². The third-order valence-corrected chi connectivity index (χ3v) is 3.09. The van der Waals surface area contributed by atoms with Crippen LogP contribution in [0.4, 0.5) is 0 Å². The fraction of sp³-hybridized carbons (Fsp3) is 0.700. The quantitative estimate of drug-likeness (QED) is 0.844. The molecule has 5 heteroatoms. The number of nitrogens with zero attached hydrogens (tertiary/aromatic N) is 1. The van der Waals surface area contributed by atoms with Gasteiger partial charge in [-0.1, -0.05) is 11.3 Å². The Morgan fingerprint density at radius 2 is 2.53 bits per heavy atom. The van der Waals surface area contributed by atoms with E-state index in [0.29, 0.717) is 6.61 Å². The van der Waals surface area contributed by atoms with Crippen molar-refractivity contribution in [1.29, 1.82) is 0 Å². The van der Waals surface area contributed by atoms with Crippen molar-refractivity contribution in [2.24, 2.45) is 0 Å². The monoisotopic (exact) mass is 228 g/mol. The van der Waals surface area contributed by atoms with Crippen LogP contribution in [-0.2, 0) is 4.74 Å². The topological polar surface area (TPSA) is 43.4 Å². The molecule has 4 nitrogen and oxygen atoms in total. The average Bonchev–Trinajstić information content (AvgIpc) is 2.62. The molecule has 15 heavy (non-hydrogen) atoms. The maximum atomic E-state index is 5.70. The van der Waals surface area contributed by atoms with Crippen molar-refractivity contribution >= 4 is 11.3 Å². The molecule has 1 N–H and O–H groups in total. The van der Waals surface area contributed by atoms with Gasteiger partial charge in [0.1, 0.15) is 12.7 Å². The van der Waals surface area contributed by atoms with Gasteiger partial charge in [-0.25, -0.2) is 4.98 Å². The van der Waals surface area contributed by atoms with Crippen molar-refractivity contribution in [3.63, 3.8) is 0 Å². The predicted octanol–water partition coefficient (Wildman–Crippen LogP) is 1.21. The minimum atomic E-state index is 0.137. The predicted molar refractivity (Wildman–Crippen MR) is 59.6 cm³/mol. The summed E-state index contributed by atoms with van der Waals surface area (Å²) in [5.74, 6) is 0. The lowest BCUT2D eigenvalue weighted by atomic mass is 10.2. The Kier molecular flexibility index (Phi) is 3.56. The lowest BCUT2D eigenvalue weighted by Gasteiger charge is -2.28. The number of aryl methyl sites for hydroxylation is 1. The van der Waals surface area contributed by atoms with Crippen LogP contribution in [0.25, 0.3) is 0 Å². The molecule has 1 aromatic heterocycles. The molecule has 1 fully saturated rings. The molecule has 0 amide bonds. The molecule has 1 aromatic rings. The van der Waals surface area contributed by atoms with Crippen molar-refractivity contribution in [2.75, 3.05) is 19.7 Å². The fourth-order valence-electron chi connectivity index (χ4n) is 1.53. The molecule has 2 rings (SSSR count). The van der Waals surface area contributed by atoms with Crippen LogP contribution in [0.15, 0.2) is 5.38 Å². The van der Waals surface area contributed by atoms with Gasteiger partial charge in [-0.2, -0.15) is 0 Å². The molecule has 0 aliphatic carbocycles. The number of rotatable bonds is 3. The molecule has 0 bridgehead atoms. The van der Waals surface area contributed by atoms with E-state index in [2.05, 4.69) is 17.2 Å². The summed E-state index contributed by atoms with van der Waals surface area (Å²) in [5, 5.41) is 6.02. The Labute approximate surface area is 93.6 Å². The Morgan fingerprint density at radius 3 is 3.20 bits per heavy atom. The van der Waals surface area contributed by atoms with Crippen LogP contribution >= 0.6 is 11.3 Å². The van der Waals surface area contributed by atoms with Gasteiger partial charge in [0.2, 0.25) is 0 Å². The zero-order valence-corrected chi connectivity index (χ0v) is 9.84. The molecular formula is C10H16N2O2S. The largest absolute Gasteiger partial charge is 0.467 e. The molecular weight excluding hydrogens is 212 g/mol. The molecule has 1 aliphatic rings. The van der Waals surface area contributed by atoms with E-state index < -0.39 is 0 Å². The summed E-state index contributed by atoms with van der Waals surface area (Å²) >= 11 is 1.53. The van der Waals surface area contributed by atoms with Gasteiger partial charge >= 0.3 is 0 Å². The standard InChI is InChI=1S/C10H16N2O2S/c1-7-6-15-10(12-7)13-5-9-4-11-3-8(2)14-9/h6,8-9,11H,3-5H2,1-2H3. The Morgan fingerprint density at radius 1 is 1.67 bits per heavy atom. The third-order valence-electron chi connectivity index (χ3n) is 2.22. The lowest BCUT2D eigenvalue weighted by molar-refractivity contribution is -0.0470. The summed E-state index contributed by atoms with van der Waals surface area (Å²) in [5.41, 5.74) is 1.01. The fourth-order valence-corrected chi connectivity index (χ4v) is 2.19. The lowest BCUT2D eigenvalue weighted by Crippen LogP contribution is -2.45. The van der Waals surface area contributed by atoms with Gasteiger partial charge in [0.15, 0.2) is 0 Å². The third kappa shape index (κ3) is 3.15. The minimum absolute atomic E-state index is 0.137. The molecule has 1 aliphatic heterocycles. The highest BCUT2D eigenvalue weighted by molar-refractivity contribution is 7.11. The van der Waals surface area contributed by atoms with Gasteiger partial charge < -0.3 is 14.8 Å². The van der Waals surface area contributed by atoms with E-state index >= 15 is 0 Å². The summed E-state index contributed by atoms with van der Waals surface area (Å²) in [6.07, 6.45) is 0.406. The summed E-state index contributed by atoms with van der Waals surface area (Å²) < 4.78 is 11.3. The van der Waals surface area contributed by atoms with Crippen molar-refractivity contribution < 1.29 is 9.47 Å². The van der Waals surface area contributed by atoms with Gasteiger partial charge in [0, 0.05) is 18.5 Å². The van der Waals surface area contributed by atoms with Crippen LogP contribution in [0.3, 0.4) is 0 Å². The van der Waals surface area contributed by atoms with Crippen LogP contribution < -0.4 is 10.1 Å². The van der Waals surface area contributed by atoms with E-state index in [1.54, 1.807) is 0 Å². The first kappa shape index (κ1) is 10.9. The van der Waals surface area contributed by atoms with E-state index in [0.717, 1.165) is 24.0 Å². The normalized spacial score (nSPS) is 26.5. The van der Waals surface area contributed by atoms with Gasteiger partial charge in [-0.3, -0.25) is 0 Å². The van der Waals surface area contributed by atoms with E-state index in [1.807, 2.05) is 12.3 Å². The van der Waals surface area contributed by atoms with E-state index in [-0.39, 0.29) is 12.2 Å². The molecule has 2 atom stereocenters. The SMILES string of the molecule is Cc1csc(OCC2CNCC(C)O2)n1. The van der Waals surface area contributed by atoms with E-state index in [4.69, 9.17) is 9.47 Å². The number of nitrogens with one attached hydrogen (secondary N) is 1. The molecule has 2 heterocycles.